The van der Waals surface area contributed by atoms with Gasteiger partial charge >= 0.3 is 6.09 Å². The number of hydrogen-bond donors (Lipinski definition) is 1. The fourth-order valence-electron chi connectivity index (χ4n) is 6.72. The molecule has 8 nitrogen and oxygen atoms in total. The summed E-state index contributed by atoms with van der Waals surface area (Å²) in [5, 5.41) is 1.68. The van der Waals surface area contributed by atoms with Gasteiger partial charge in [-0.3, -0.25) is 9.80 Å². The topological polar surface area (TPSA) is 76.3 Å². The summed E-state index contributed by atoms with van der Waals surface area (Å²) in [7, 11) is 1.62. The molecule has 0 saturated carbocycles. The standard InChI is InChI=1S/C36H41ClFN3O5/c1-22(2)33-23(3)30(11-8-28(33)38)46-36(42)41-14-12-26-27-21-25(37)7-9-29(27)39-34(26)35(41)24-6-10-31(32(20-24)43-4)45-17-5-13-40-15-18-44-19-16-40/h6-11,20-22,35,39H,5,12-19H2,1-4H3. The number of nitrogens with one attached hydrogen (secondary N) is 1. The van der Waals surface area contributed by atoms with Crippen LogP contribution in [0.5, 0.6) is 17.2 Å². The first kappa shape index (κ1) is 32.2. The number of rotatable bonds is 9. The maximum Gasteiger partial charge on any atom is 0.416 e. The Kier molecular flexibility index (Phi) is 9.73. The lowest BCUT2D eigenvalue weighted by molar-refractivity contribution is 0.0357. The van der Waals surface area contributed by atoms with Gasteiger partial charge in [0.25, 0.3) is 0 Å². The molecule has 3 aromatic carbocycles. The van der Waals surface area contributed by atoms with E-state index in [-0.39, 0.29) is 11.7 Å². The zero-order chi connectivity index (χ0) is 32.4. The molecule has 3 heterocycles. The fraction of sp³-hybridized carbons (Fsp3) is 0.417. The number of H-pyrrole nitrogens is 1. The van der Waals surface area contributed by atoms with Crippen molar-refractivity contribution in [1.82, 2.24) is 14.8 Å². The number of ether oxygens (including phenoxy) is 4. The smallest absolute Gasteiger partial charge is 0.416 e. The Morgan fingerprint density at radius 3 is 2.61 bits per heavy atom. The molecule has 1 amide bonds. The molecule has 4 aromatic rings. The molecule has 1 fully saturated rings. The fourth-order valence-corrected chi connectivity index (χ4v) is 6.89. The molecule has 0 bridgehead atoms. The highest BCUT2D eigenvalue weighted by Gasteiger charge is 2.36. The molecule has 1 saturated heterocycles. The van der Waals surface area contributed by atoms with E-state index < -0.39 is 12.1 Å². The summed E-state index contributed by atoms with van der Waals surface area (Å²) in [5.41, 5.74) is 4.94. The SMILES string of the molecule is COc1cc(C2c3[nH]c4ccc(Cl)cc4c3CCN2C(=O)Oc2ccc(F)c(C(C)C)c2C)ccc1OCCCN1CCOCC1. The van der Waals surface area contributed by atoms with Crippen molar-refractivity contribution in [2.24, 2.45) is 0 Å². The molecule has 1 unspecified atom stereocenters. The van der Waals surface area contributed by atoms with Crippen LogP contribution in [0, 0.1) is 12.7 Å². The third-order valence-corrected chi connectivity index (χ3v) is 9.23. The second kappa shape index (κ2) is 13.9. The summed E-state index contributed by atoms with van der Waals surface area (Å²) in [4.78, 5) is 21.6. The Bertz CT molecular complexity index is 1720. The second-order valence-corrected chi connectivity index (χ2v) is 12.7. The van der Waals surface area contributed by atoms with E-state index in [9.17, 15) is 9.18 Å². The summed E-state index contributed by atoms with van der Waals surface area (Å²) in [5.74, 6) is 1.21. The van der Waals surface area contributed by atoms with Crippen LogP contribution in [-0.2, 0) is 11.2 Å². The summed E-state index contributed by atoms with van der Waals surface area (Å²) in [6, 6.07) is 14.0. The van der Waals surface area contributed by atoms with E-state index in [2.05, 4.69) is 9.88 Å². The molecule has 10 heteroatoms. The number of halogens is 2. The van der Waals surface area contributed by atoms with Crippen molar-refractivity contribution < 1.29 is 28.1 Å². The van der Waals surface area contributed by atoms with Crippen LogP contribution in [0.25, 0.3) is 10.9 Å². The largest absolute Gasteiger partial charge is 0.493 e. The van der Waals surface area contributed by atoms with Crippen LogP contribution >= 0.6 is 11.6 Å². The Labute approximate surface area is 274 Å². The van der Waals surface area contributed by atoms with Crippen LogP contribution in [0.2, 0.25) is 5.02 Å². The highest BCUT2D eigenvalue weighted by molar-refractivity contribution is 6.31. The molecule has 1 aromatic heterocycles. The van der Waals surface area contributed by atoms with Gasteiger partial charge in [0.1, 0.15) is 17.6 Å². The van der Waals surface area contributed by atoms with Crippen molar-refractivity contribution in [1.29, 1.82) is 0 Å². The molecule has 1 N–H and O–H groups in total. The number of amides is 1. The summed E-state index contributed by atoms with van der Waals surface area (Å²) >= 11 is 6.39. The Hall–Kier alpha value is -3.79. The van der Waals surface area contributed by atoms with E-state index in [1.165, 1.54) is 12.1 Å². The molecule has 244 valence electrons. The number of morpholine rings is 1. The zero-order valence-electron chi connectivity index (χ0n) is 26.8. The molecule has 1 atom stereocenters. The van der Waals surface area contributed by atoms with Gasteiger partial charge in [0.05, 0.1) is 26.9 Å². The minimum Gasteiger partial charge on any atom is -0.493 e. The number of methoxy groups -OCH3 is 1. The van der Waals surface area contributed by atoms with Gasteiger partial charge in [0.2, 0.25) is 0 Å². The number of hydrogen-bond acceptors (Lipinski definition) is 6. The number of fused-ring (bicyclic) bond motifs is 3. The zero-order valence-corrected chi connectivity index (χ0v) is 27.6. The van der Waals surface area contributed by atoms with E-state index in [1.807, 2.05) is 50.2 Å². The molecule has 0 spiro atoms. The number of nitrogens with zero attached hydrogens (tertiary/aromatic N) is 2. The van der Waals surface area contributed by atoms with Gasteiger partial charge in [-0.15, -0.1) is 0 Å². The van der Waals surface area contributed by atoms with Crippen LogP contribution in [0.1, 0.15) is 60.2 Å². The predicted octanol–water partition coefficient (Wildman–Crippen LogP) is 7.65. The first-order valence-corrected chi connectivity index (χ1v) is 16.3. The van der Waals surface area contributed by atoms with Crippen molar-refractivity contribution in [2.45, 2.75) is 45.6 Å². The third-order valence-electron chi connectivity index (χ3n) is 8.99. The molecule has 6 rings (SSSR count). The molecule has 2 aliphatic rings. The Morgan fingerprint density at radius 1 is 1.07 bits per heavy atom. The molecular weight excluding hydrogens is 609 g/mol. The quantitative estimate of drug-likeness (QED) is 0.188. The van der Waals surface area contributed by atoms with Gasteiger partial charge < -0.3 is 23.9 Å². The molecule has 46 heavy (non-hydrogen) atoms. The van der Waals surface area contributed by atoms with Crippen LogP contribution < -0.4 is 14.2 Å². The summed E-state index contributed by atoms with van der Waals surface area (Å²) in [6.45, 7) is 11.0. The molecular formula is C36H41ClFN3O5. The summed E-state index contributed by atoms with van der Waals surface area (Å²) < 4.78 is 38.0. The number of carbonyl (C=O) groups excluding carboxylic acids is 1. The first-order chi connectivity index (χ1) is 22.2. The van der Waals surface area contributed by atoms with Gasteiger partial charge in [-0.05, 0) is 90.4 Å². The number of aromatic amines is 1. The minimum absolute atomic E-state index is 0.0605. The van der Waals surface area contributed by atoms with Crippen LogP contribution in [0.4, 0.5) is 9.18 Å². The average molecular weight is 650 g/mol. The van der Waals surface area contributed by atoms with Crippen LogP contribution in [-0.4, -0.2) is 74.0 Å². The highest BCUT2D eigenvalue weighted by Crippen LogP contribution is 2.42. The number of carbonyl (C=O) groups is 1. The highest BCUT2D eigenvalue weighted by atomic mass is 35.5. The van der Waals surface area contributed by atoms with Crippen molar-refractivity contribution in [3.05, 3.63) is 87.3 Å². The summed E-state index contributed by atoms with van der Waals surface area (Å²) in [6.07, 6.45) is 0.983. The number of benzene rings is 3. The van der Waals surface area contributed by atoms with E-state index in [0.29, 0.717) is 53.0 Å². The van der Waals surface area contributed by atoms with Crippen molar-refractivity contribution in [3.63, 3.8) is 0 Å². The number of aromatic nitrogens is 1. The Morgan fingerprint density at radius 2 is 1.85 bits per heavy atom. The lowest BCUT2D eigenvalue weighted by Crippen LogP contribution is -2.42. The molecule has 0 aliphatic carbocycles. The van der Waals surface area contributed by atoms with Crippen molar-refractivity contribution >= 4 is 28.6 Å². The predicted molar refractivity (Wildman–Crippen MR) is 177 cm³/mol. The molecule has 2 aliphatic heterocycles. The lowest BCUT2D eigenvalue weighted by atomic mass is 9.92. The van der Waals surface area contributed by atoms with E-state index in [1.54, 1.807) is 18.9 Å². The van der Waals surface area contributed by atoms with Gasteiger partial charge in [0.15, 0.2) is 11.5 Å². The maximum atomic E-state index is 14.6. The van der Waals surface area contributed by atoms with E-state index >= 15 is 0 Å². The van der Waals surface area contributed by atoms with Gasteiger partial charge in [0, 0.05) is 47.8 Å². The lowest BCUT2D eigenvalue weighted by Gasteiger charge is -2.35. The first-order valence-electron chi connectivity index (χ1n) is 15.9. The normalized spacial score (nSPS) is 16.9. The average Bonchev–Trinajstić information content (AvgIpc) is 3.42. The van der Waals surface area contributed by atoms with E-state index in [4.69, 9.17) is 30.5 Å². The van der Waals surface area contributed by atoms with E-state index in [0.717, 1.165) is 67.0 Å². The maximum absolute atomic E-state index is 14.6. The van der Waals surface area contributed by atoms with Crippen molar-refractivity contribution in [2.75, 3.05) is 53.1 Å². The van der Waals surface area contributed by atoms with Crippen LogP contribution in [0.15, 0.2) is 48.5 Å². The second-order valence-electron chi connectivity index (χ2n) is 12.2. The monoisotopic (exact) mass is 649 g/mol. The van der Waals surface area contributed by atoms with Gasteiger partial charge in [-0.2, -0.15) is 0 Å². The molecule has 0 radical (unpaired) electrons. The van der Waals surface area contributed by atoms with Gasteiger partial charge in [-0.1, -0.05) is 31.5 Å². The van der Waals surface area contributed by atoms with Gasteiger partial charge in [-0.25, -0.2) is 9.18 Å². The Balaban J connectivity index is 1.30. The minimum atomic E-state index is -0.515. The van der Waals surface area contributed by atoms with Crippen LogP contribution in [0.3, 0.4) is 0 Å². The third kappa shape index (κ3) is 6.54. The van der Waals surface area contributed by atoms with Crippen molar-refractivity contribution in [3.8, 4) is 17.2 Å².